The molecule has 0 aliphatic carbocycles. The lowest BCUT2D eigenvalue weighted by Gasteiger charge is -2.26. The van der Waals surface area contributed by atoms with Crippen LogP contribution in [0.3, 0.4) is 0 Å². The predicted molar refractivity (Wildman–Crippen MR) is 72.3 cm³/mol. The van der Waals surface area contributed by atoms with Crippen molar-refractivity contribution in [2.75, 3.05) is 0 Å². The van der Waals surface area contributed by atoms with E-state index in [9.17, 15) is 14.7 Å². The summed E-state index contributed by atoms with van der Waals surface area (Å²) in [6.45, 7) is 5.06. The van der Waals surface area contributed by atoms with Crippen molar-refractivity contribution in [2.24, 2.45) is 5.73 Å². The zero-order valence-corrected chi connectivity index (χ0v) is 11.7. The van der Waals surface area contributed by atoms with Gasteiger partial charge < -0.3 is 20.7 Å². The van der Waals surface area contributed by atoms with Crippen LogP contribution in [0.25, 0.3) is 0 Å². The molecule has 0 spiro atoms. The van der Waals surface area contributed by atoms with Crippen molar-refractivity contribution in [2.45, 2.75) is 38.3 Å². The smallest absolute Gasteiger partial charge is 0.321 e. The van der Waals surface area contributed by atoms with Gasteiger partial charge in [0.1, 0.15) is 23.3 Å². The van der Waals surface area contributed by atoms with E-state index in [0.717, 1.165) is 0 Å². The number of rotatable bonds is 4. The molecule has 1 aromatic carbocycles. The van der Waals surface area contributed by atoms with Crippen LogP contribution in [0.1, 0.15) is 32.3 Å². The first kappa shape index (κ1) is 16.0. The molecule has 0 fully saturated rings. The van der Waals surface area contributed by atoms with Crippen LogP contribution < -0.4 is 5.73 Å². The molecule has 4 N–H and O–H groups in total. The number of nitrogens with two attached hydrogens (primary N) is 1. The van der Waals surface area contributed by atoms with E-state index < -0.39 is 29.5 Å². The second-order valence-corrected chi connectivity index (χ2v) is 5.47. The summed E-state index contributed by atoms with van der Waals surface area (Å²) in [5, 5.41) is 18.3. The normalized spacial score (nSPS) is 14.4. The number of carboxylic acid groups (broad SMARTS) is 1. The maximum Gasteiger partial charge on any atom is 0.321 e. The third-order valence-electron chi connectivity index (χ3n) is 2.56. The van der Waals surface area contributed by atoms with Gasteiger partial charge in [-0.2, -0.15) is 0 Å². The molecule has 6 nitrogen and oxygen atoms in total. The minimum atomic E-state index is -1.42. The molecule has 0 aromatic heterocycles. The molecule has 0 aliphatic rings. The maximum atomic E-state index is 12.2. The Morgan fingerprint density at radius 3 is 2.10 bits per heavy atom. The minimum Gasteiger partial charge on any atom is -0.508 e. The topological polar surface area (TPSA) is 110 Å². The Bertz CT molecular complexity index is 489. The summed E-state index contributed by atoms with van der Waals surface area (Å²) in [5.74, 6) is -3.13. The fourth-order valence-electron chi connectivity index (χ4n) is 1.68. The summed E-state index contributed by atoms with van der Waals surface area (Å²) in [6, 6.07) is 4.21. The summed E-state index contributed by atoms with van der Waals surface area (Å²) >= 11 is 0. The van der Waals surface area contributed by atoms with Gasteiger partial charge in [0, 0.05) is 0 Å². The van der Waals surface area contributed by atoms with Crippen molar-refractivity contribution in [3.8, 4) is 5.75 Å². The van der Waals surface area contributed by atoms with E-state index in [0.29, 0.717) is 5.56 Å². The van der Waals surface area contributed by atoms with Crippen molar-refractivity contribution < 1.29 is 24.5 Å². The molecule has 20 heavy (non-hydrogen) atoms. The Morgan fingerprint density at radius 1 is 1.20 bits per heavy atom. The first-order valence-electron chi connectivity index (χ1n) is 6.12. The number of esters is 1. The zero-order valence-electron chi connectivity index (χ0n) is 11.7. The summed E-state index contributed by atoms with van der Waals surface area (Å²) in [4.78, 5) is 23.2. The predicted octanol–water partition coefficient (Wildman–Crippen LogP) is 1.23. The first-order valence-corrected chi connectivity index (χ1v) is 6.12. The number of hydrogen-bond acceptors (Lipinski definition) is 5. The molecule has 0 saturated heterocycles. The average Bonchev–Trinajstić information content (AvgIpc) is 2.29. The Kier molecular flexibility index (Phi) is 4.73. The van der Waals surface area contributed by atoms with Crippen molar-refractivity contribution in [1.82, 2.24) is 0 Å². The van der Waals surface area contributed by atoms with Gasteiger partial charge in [0.2, 0.25) is 0 Å². The lowest BCUT2D eigenvalue weighted by molar-refractivity contribution is -0.160. The van der Waals surface area contributed by atoms with Gasteiger partial charge in [-0.25, -0.2) is 0 Å². The first-order chi connectivity index (χ1) is 9.11. The van der Waals surface area contributed by atoms with E-state index in [1.54, 1.807) is 20.8 Å². The third kappa shape index (κ3) is 4.24. The summed E-state index contributed by atoms with van der Waals surface area (Å²) < 4.78 is 5.21. The molecular weight excluding hydrogens is 262 g/mol. The van der Waals surface area contributed by atoms with Crippen LogP contribution in [0, 0.1) is 0 Å². The Labute approximate surface area is 117 Å². The lowest BCUT2D eigenvalue weighted by Crippen LogP contribution is -2.42. The van der Waals surface area contributed by atoms with Crippen LogP contribution in [0.2, 0.25) is 0 Å². The summed E-state index contributed by atoms with van der Waals surface area (Å²) in [6.07, 6.45) is 0. The molecule has 0 saturated carbocycles. The van der Waals surface area contributed by atoms with Gasteiger partial charge in [-0.1, -0.05) is 12.1 Å². The molecule has 6 heteroatoms. The number of benzene rings is 1. The number of aliphatic carboxylic acids is 1. The monoisotopic (exact) mass is 281 g/mol. The van der Waals surface area contributed by atoms with Crippen LogP contribution in [-0.2, 0) is 14.3 Å². The number of carbonyl (C=O) groups excluding carboxylic acids is 1. The molecular formula is C14H19NO5. The molecule has 0 heterocycles. The molecule has 1 aromatic rings. The molecule has 0 amide bonds. The number of carboxylic acids is 1. The van der Waals surface area contributed by atoms with Crippen molar-refractivity contribution in [1.29, 1.82) is 0 Å². The lowest BCUT2D eigenvalue weighted by atomic mass is 9.91. The van der Waals surface area contributed by atoms with Gasteiger partial charge in [0.15, 0.2) is 0 Å². The highest BCUT2D eigenvalue weighted by atomic mass is 16.6. The molecule has 0 bridgehead atoms. The van der Waals surface area contributed by atoms with Gasteiger partial charge >= 0.3 is 11.9 Å². The zero-order chi connectivity index (χ0) is 15.5. The Hall–Kier alpha value is -2.08. The molecule has 110 valence electrons. The second kappa shape index (κ2) is 5.92. The van der Waals surface area contributed by atoms with E-state index >= 15 is 0 Å². The molecule has 2 atom stereocenters. The standard InChI is InChI=1S/C14H19NO5/c1-14(2,3)20-13(19)10(11(15)12(17)18)8-4-6-9(16)7-5-8/h4-7,10-11,16H,15H2,1-3H3,(H,17,18). The van der Waals surface area contributed by atoms with Gasteiger partial charge in [0.05, 0.1) is 0 Å². The van der Waals surface area contributed by atoms with Crippen LogP contribution in [-0.4, -0.2) is 33.8 Å². The highest BCUT2D eigenvalue weighted by Gasteiger charge is 2.35. The van der Waals surface area contributed by atoms with Gasteiger partial charge in [-0.15, -0.1) is 0 Å². The molecule has 2 unspecified atom stereocenters. The fraction of sp³-hybridized carbons (Fsp3) is 0.429. The number of carbonyl (C=O) groups is 2. The average molecular weight is 281 g/mol. The van der Waals surface area contributed by atoms with Crippen LogP contribution in [0.15, 0.2) is 24.3 Å². The maximum absolute atomic E-state index is 12.2. The number of aromatic hydroxyl groups is 1. The highest BCUT2D eigenvalue weighted by Crippen LogP contribution is 2.25. The van der Waals surface area contributed by atoms with Crippen molar-refractivity contribution in [3.05, 3.63) is 29.8 Å². The van der Waals surface area contributed by atoms with E-state index in [1.807, 2.05) is 0 Å². The van der Waals surface area contributed by atoms with Gasteiger partial charge in [0.25, 0.3) is 0 Å². The summed E-state index contributed by atoms with van der Waals surface area (Å²) in [5.41, 5.74) is 5.22. The van der Waals surface area contributed by atoms with Gasteiger partial charge in [-0.3, -0.25) is 9.59 Å². The highest BCUT2D eigenvalue weighted by molar-refractivity contribution is 5.87. The van der Waals surface area contributed by atoms with Gasteiger partial charge in [-0.05, 0) is 38.5 Å². The van der Waals surface area contributed by atoms with Crippen molar-refractivity contribution in [3.63, 3.8) is 0 Å². The largest absolute Gasteiger partial charge is 0.508 e. The van der Waals surface area contributed by atoms with E-state index in [-0.39, 0.29) is 5.75 Å². The van der Waals surface area contributed by atoms with Crippen LogP contribution in [0.5, 0.6) is 5.75 Å². The quantitative estimate of drug-likeness (QED) is 0.716. The van der Waals surface area contributed by atoms with Crippen LogP contribution in [0.4, 0.5) is 0 Å². The molecule has 0 aliphatic heterocycles. The Balaban J connectivity index is 3.12. The molecule has 1 rings (SSSR count). The number of ether oxygens (including phenoxy) is 1. The fourth-order valence-corrected chi connectivity index (χ4v) is 1.68. The summed E-state index contributed by atoms with van der Waals surface area (Å²) in [7, 11) is 0. The number of hydrogen-bond donors (Lipinski definition) is 3. The van der Waals surface area contributed by atoms with E-state index in [1.165, 1.54) is 24.3 Å². The second-order valence-electron chi connectivity index (χ2n) is 5.47. The van der Waals surface area contributed by atoms with Crippen LogP contribution >= 0.6 is 0 Å². The SMILES string of the molecule is CC(C)(C)OC(=O)C(c1ccc(O)cc1)C(N)C(=O)O. The van der Waals surface area contributed by atoms with E-state index in [2.05, 4.69) is 0 Å². The number of phenolic OH excluding ortho intramolecular Hbond substituents is 1. The minimum absolute atomic E-state index is 0.0144. The molecule has 0 radical (unpaired) electrons. The van der Waals surface area contributed by atoms with Crippen molar-refractivity contribution >= 4 is 11.9 Å². The third-order valence-corrected chi connectivity index (χ3v) is 2.56. The Morgan fingerprint density at radius 2 is 1.70 bits per heavy atom. The van der Waals surface area contributed by atoms with E-state index in [4.69, 9.17) is 15.6 Å². The number of phenols is 1.